The summed E-state index contributed by atoms with van der Waals surface area (Å²) in [6.45, 7) is 5.81. The van der Waals surface area contributed by atoms with Gasteiger partial charge in [0.1, 0.15) is 0 Å². The van der Waals surface area contributed by atoms with Crippen LogP contribution in [-0.4, -0.2) is 17.5 Å². The van der Waals surface area contributed by atoms with Crippen LogP contribution >= 0.6 is 11.8 Å². The molecular formula is C6H10ClN. The predicted octanol–water partition coefficient (Wildman–Crippen LogP) is 1.79. The van der Waals surface area contributed by atoms with Crippen LogP contribution in [-0.2, 0) is 0 Å². The highest BCUT2D eigenvalue weighted by Crippen LogP contribution is 2.14. The van der Waals surface area contributed by atoms with E-state index < -0.39 is 0 Å². The Balaban J connectivity index is 2.29. The molecule has 0 aromatic heterocycles. The van der Waals surface area contributed by atoms with Gasteiger partial charge in [-0.1, -0.05) is 12.2 Å². The molecule has 0 aromatic rings. The number of hydrogen-bond donors (Lipinski definition) is 0. The van der Waals surface area contributed by atoms with E-state index in [4.69, 9.17) is 11.8 Å². The number of rotatable bonds is 0. The lowest BCUT2D eigenvalue weighted by atomic mass is 10.1. The number of piperidine rings is 1. The summed E-state index contributed by atoms with van der Waals surface area (Å²) in [6.07, 6.45) is 2.15. The summed E-state index contributed by atoms with van der Waals surface area (Å²) in [5, 5.41) is 0. The fourth-order valence-corrected chi connectivity index (χ4v) is 0.965. The van der Waals surface area contributed by atoms with E-state index in [0.29, 0.717) is 0 Å². The highest BCUT2D eigenvalue weighted by Gasteiger charge is 2.08. The first-order chi connectivity index (χ1) is 3.79. The van der Waals surface area contributed by atoms with Gasteiger partial charge in [0.05, 0.1) is 0 Å². The fourth-order valence-electron chi connectivity index (χ4n) is 0.796. The third-order valence-electron chi connectivity index (χ3n) is 1.42. The molecule has 0 radical (unpaired) electrons. The Hall–Kier alpha value is -0.0100. The molecule has 1 fully saturated rings. The Bertz CT molecular complexity index is 90.7. The normalized spacial score (nSPS) is 23.9. The van der Waals surface area contributed by atoms with Crippen molar-refractivity contribution < 1.29 is 0 Å². The van der Waals surface area contributed by atoms with Crippen molar-refractivity contribution in [2.45, 2.75) is 12.8 Å². The van der Waals surface area contributed by atoms with Crippen LogP contribution in [0.3, 0.4) is 0 Å². The highest BCUT2D eigenvalue weighted by atomic mass is 35.5. The zero-order valence-electron chi connectivity index (χ0n) is 4.86. The predicted molar refractivity (Wildman–Crippen MR) is 35.8 cm³/mol. The number of nitrogens with zero attached hydrogens (tertiary/aromatic N) is 1. The molecule has 0 aliphatic carbocycles. The van der Waals surface area contributed by atoms with Crippen LogP contribution in [0.2, 0.25) is 0 Å². The summed E-state index contributed by atoms with van der Waals surface area (Å²) < 4.78 is 1.81. The van der Waals surface area contributed by atoms with Crippen LogP contribution in [0, 0.1) is 0 Å². The molecule has 1 rings (SSSR count). The van der Waals surface area contributed by atoms with E-state index in [-0.39, 0.29) is 0 Å². The maximum absolute atomic E-state index is 5.67. The van der Waals surface area contributed by atoms with Gasteiger partial charge in [0.15, 0.2) is 0 Å². The minimum absolute atomic E-state index is 0.973. The molecule has 8 heavy (non-hydrogen) atoms. The van der Waals surface area contributed by atoms with Gasteiger partial charge in [-0.2, -0.15) is 0 Å². The summed E-state index contributed by atoms with van der Waals surface area (Å²) in [7, 11) is 0. The standard InChI is InChI=1S/C6H10ClN/c1-6-2-4-8(7)5-3-6/h1-5H2. The van der Waals surface area contributed by atoms with Gasteiger partial charge >= 0.3 is 0 Å². The molecule has 0 atom stereocenters. The Morgan fingerprint density at radius 1 is 1.38 bits per heavy atom. The average molecular weight is 132 g/mol. The molecule has 1 heterocycles. The molecule has 1 aliphatic heterocycles. The van der Waals surface area contributed by atoms with Crippen molar-refractivity contribution in [1.29, 1.82) is 0 Å². The van der Waals surface area contributed by atoms with Crippen LogP contribution in [0.25, 0.3) is 0 Å². The van der Waals surface area contributed by atoms with Gasteiger partial charge in [-0.05, 0) is 24.6 Å². The Morgan fingerprint density at radius 2 is 1.88 bits per heavy atom. The summed E-state index contributed by atoms with van der Waals surface area (Å²) in [5.74, 6) is 0. The van der Waals surface area contributed by atoms with Crippen LogP contribution < -0.4 is 0 Å². The molecule has 2 heteroatoms. The zero-order valence-corrected chi connectivity index (χ0v) is 5.62. The van der Waals surface area contributed by atoms with E-state index in [9.17, 15) is 0 Å². The maximum atomic E-state index is 5.67. The first-order valence-corrected chi connectivity index (χ1v) is 3.20. The smallest absolute Gasteiger partial charge is 0.0176 e. The molecule has 1 nitrogen and oxygen atoms in total. The zero-order chi connectivity index (χ0) is 5.98. The molecule has 0 unspecified atom stereocenters. The molecule has 0 aromatic carbocycles. The lowest BCUT2D eigenvalue weighted by Gasteiger charge is -2.20. The summed E-state index contributed by atoms with van der Waals surface area (Å²) in [6, 6.07) is 0. The highest BCUT2D eigenvalue weighted by molar-refractivity contribution is 6.13. The molecular weight excluding hydrogens is 122 g/mol. The largest absolute Gasteiger partial charge is 0.220 e. The Labute approximate surface area is 55.0 Å². The second-order valence-electron chi connectivity index (χ2n) is 2.16. The van der Waals surface area contributed by atoms with E-state index in [2.05, 4.69) is 6.58 Å². The van der Waals surface area contributed by atoms with Gasteiger partial charge in [0.2, 0.25) is 0 Å². The molecule has 1 aliphatic rings. The van der Waals surface area contributed by atoms with Gasteiger partial charge in [0.25, 0.3) is 0 Å². The lowest BCUT2D eigenvalue weighted by Crippen LogP contribution is -2.20. The van der Waals surface area contributed by atoms with E-state index >= 15 is 0 Å². The van der Waals surface area contributed by atoms with Crippen molar-refractivity contribution in [2.75, 3.05) is 13.1 Å². The van der Waals surface area contributed by atoms with Crippen LogP contribution in [0.15, 0.2) is 12.2 Å². The second-order valence-corrected chi connectivity index (χ2v) is 2.64. The third kappa shape index (κ3) is 1.49. The molecule has 0 N–H and O–H groups in total. The minimum atomic E-state index is 0.973. The van der Waals surface area contributed by atoms with Crippen molar-refractivity contribution in [3.8, 4) is 0 Å². The Morgan fingerprint density at radius 3 is 2.25 bits per heavy atom. The fraction of sp³-hybridized carbons (Fsp3) is 0.667. The average Bonchev–Trinajstić information content (AvgIpc) is 1.77. The van der Waals surface area contributed by atoms with Crippen LogP contribution in [0.4, 0.5) is 0 Å². The second kappa shape index (κ2) is 2.51. The van der Waals surface area contributed by atoms with Gasteiger partial charge in [-0.15, -0.1) is 0 Å². The molecule has 0 amide bonds. The number of hydrogen-bond acceptors (Lipinski definition) is 1. The number of halogens is 1. The van der Waals surface area contributed by atoms with E-state index in [1.165, 1.54) is 5.57 Å². The van der Waals surface area contributed by atoms with E-state index in [0.717, 1.165) is 25.9 Å². The quantitative estimate of drug-likeness (QED) is 0.358. The first kappa shape index (κ1) is 6.12. The molecule has 0 bridgehead atoms. The van der Waals surface area contributed by atoms with E-state index in [1.807, 2.05) is 4.42 Å². The lowest BCUT2D eigenvalue weighted by molar-refractivity contribution is 0.421. The van der Waals surface area contributed by atoms with Crippen molar-refractivity contribution in [3.63, 3.8) is 0 Å². The van der Waals surface area contributed by atoms with Crippen LogP contribution in [0.5, 0.6) is 0 Å². The topological polar surface area (TPSA) is 3.24 Å². The van der Waals surface area contributed by atoms with Gasteiger partial charge in [0, 0.05) is 13.1 Å². The van der Waals surface area contributed by atoms with Crippen molar-refractivity contribution in [2.24, 2.45) is 0 Å². The van der Waals surface area contributed by atoms with Gasteiger partial charge in [-0.3, -0.25) is 0 Å². The summed E-state index contributed by atoms with van der Waals surface area (Å²) in [5.41, 5.74) is 1.34. The first-order valence-electron chi connectivity index (χ1n) is 2.86. The molecule has 0 spiro atoms. The Kier molecular flexibility index (Phi) is 1.92. The van der Waals surface area contributed by atoms with Crippen LogP contribution in [0.1, 0.15) is 12.8 Å². The van der Waals surface area contributed by atoms with Gasteiger partial charge in [-0.25, -0.2) is 4.42 Å². The minimum Gasteiger partial charge on any atom is -0.220 e. The van der Waals surface area contributed by atoms with E-state index in [1.54, 1.807) is 0 Å². The SMILES string of the molecule is C=C1CCN(Cl)CC1. The van der Waals surface area contributed by atoms with Crippen molar-refractivity contribution in [3.05, 3.63) is 12.2 Å². The molecule has 46 valence electrons. The molecule has 1 saturated heterocycles. The monoisotopic (exact) mass is 131 g/mol. The summed E-state index contributed by atoms with van der Waals surface area (Å²) >= 11 is 5.67. The summed E-state index contributed by atoms with van der Waals surface area (Å²) in [4.78, 5) is 0. The van der Waals surface area contributed by atoms with Crippen molar-refractivity contribution in [1.82, 2.24) is 4.42 Å². The van der Waals surface area contributed by atoms with Crippen molar-refractivity contribution >= 4 is 11.8 Å². The van der Waals surface area contributed by atoms with Gasteiger partial charge < -0.3 is 0 Å². The molecule has 0 saturated carbocycles. The third-order valence-corrected chi connectivity index (χ3v) is 1.75. The maximum Gasteiger partial charge on any atom is 0.0176 e.